The van der Waals surface area contributed by atoms with Crippen LogP contribution in [0.4, 0.5) is 10.6 Å². The second kappa shape index (κ2) is 10.7. The van der Waals surface area contributed by atoms with E-state index in [4.69, 9.17) is 14.2 Å². The Bertz CT molecular complexity index is 1440. The summed E-state index contributed by atoms with van der Waals surface area (Å²) in [6.07, 6.45) is 5.92. The van der Waals surface area contributed by atoms with E-state index in [-0.39, 0.29) is 6.09 Å². The minimum Gasteiger partial charge on any atom is -0.457 e. The van der Waals surface area contributed by atoms with E-state index in [9.17, 15) is 4.79 Å². The van der Waals surface area contributed by atoms with Crippen molar-refractivity contribution in [2.75, 3.05) is 32.1 Å². The van der Waals surface area contributed by atoms with E-state index in [0.29, 0.717) is 37.7 Å². The van der Waals surface area contributed by atoms with Crippen LogP contribution in [0.2, 0.25) is 0 Å². The molecule has 3 aromatic heterocycles. The van der Waals surface area contributed by atoms with E-state index in [0.717, 1.165) is 40.0 Å². The van der Waals surface area contributed by atoms with Crippen LogP contribution in [0.15, 0.2) is 55.0 Å². The number of nitrogens with one attached hydrogen (secondary N) is 2. The molecular weight excluding hydrogens is 482 g/mol. The first-order valence-corrected chi connectivity index (χ1v) is 12.7. The van der Waals surface area contributed by atoms with Crippen molar-refractivity contribution < 1.29 is 19.0 Å². The van der Waals surface area contributed by atoms with Crippen LogP contribution in [0, 0.1) is 0 Å². The molecule has 2 N–H and O–H groups in total. The number of H-pyrrole nitrogens is 1. The second-order valence-corrected chi connectivity index (χ2v) is 10.3. The first-order valence-electron chi connectivity index (χ1n) is 12.7. The minimum atomic E-state index is -0.529. The molecule has 4 heterocycles. The van der Waals surface area contributed by atoms with Crippen LogP contribution in [0.1, 0.15) is 31.9 Å². The highest BCUT2D eigenvalue weighted by Crippen LogP contribution is 2.37. The van der Waals surface area contributed by atoms with Crippen LogP contribution in [0.25, 0.3) is 22.2 Å². The third kappa shape index (κ3) is 5.73. The van der Waals surface area contributed by atoms with Gasteiger partial charge in [-0.1, -0.05) is 6.07 Å². The Hall–Kier alpha value is -4.11. The topological polar surface area (TPSA) is 102 Å². The van der Waals surface area contributed by atoms with Crippen LogP contribution >= 0.6 is 0 Å². The molecule has 0 unspecified atom stereocenters. The molecule has 9 heteroatoms. The lowest BCUT2D eigenvalue weighted by atomic mass is 10.00. The molecule has 1 aromatic carbocycles. The van der Waals surface area contributed by atoms with E-state index < -0.39 is 5.60 Å². The monoisotopic (exact) mass is 515 g/mol. The Kier molecular flexibility index (Phi) is 7.20. The van der Waals surface area contributed by atoms with Crippen molar-refractivity contribution in [3.8, 4) is 22.6 Å². The smallest absolute Gasteiger partial charge is 0.410 e. The van der Waals surface area contributed by atoms with Crippen molar-refractivity contribution in [2.24, 2.45) is 0 Å². The van der Waals surface area contributed by atoms with E-state index in [2.05, 4.69) is 26.3 Å². The maximum absolute atomic E-state index is 12.6. The number of anilines is 1. The Morgan fingerprint density at radius 3 is 2.76 bits per heavy atom. The fourth-order valence-corrected chi connectivity index (χ4v) is 4.52. The lowest BCUT2D eigenvalue weighted by molar-refractivity contribution is 0.0224. The molecule has 0 aliphatic carbocycles. The maximum Gasteiger partial charge on any atom is 0.410 e. The number of nitrogens with zero attached hydrogens (tertiary/aromatic N) is 3. The largest absolute Gasteiger partial charge is 0.457 e. The Labute approximate surface area is 222 Å². The quantitative estimate of drug-likeness (QED) is 0.301. The number of ether oxygens (including phenoxy) is 3. The number of aromatic amines is 1. The van der Waals surface area contributed by atoms with Gasteiger partial charge in [-0.05, 0) is 74.2 Å². The zero-order valence-corrected chi connectivity index (χ0v) is 22.2. The van der Waals surface area contributed by atoms with Crippen LogP contribution in [-0.2, 0) is 22.4 Å². The summed E-state index contributed by atoms with van der Waals surface area (Å²) >= 11 is 0. The Morgan fingerprint density at radius 2 is 1.95 bits per heavy atom. The van der Waals surface area contributed by atoms with Gasteiger partial charge in [-0.25, -0.2) is 14.8 Å². The lowest BCUT2D eigenvalue weighted by Crippen LogP contribution is -2.39. The van der Waals surface area contributed by atoms with Gasteiger partial charge in [0.05, 0.1) is 12.0 Å². The fourth-order valence-electron chi connectivity index (χ4n) is 4.52. The third-order valence-corrected chi connectivity index (χ3v) is 6.29. The molecule has 0 bridgehead atoms. The molecule has 0 radical (unpaired) electrons. The molecule has 0 saturated carbocycles. The lowest BCUT2D eigenvalue weighted by Gasteiger charge is -2.31. The highest BCUT2D eigenvalue weighted by Gasteiger charge is 2.26. The first kappa shape index (κ1) is 25.5. The summed E-state index contributed by atoms with van der Waals surface area (Å²) in [6.45, 7) is 8.02. The zero-order chi connectivity index (χ0) is 26.7. The number of amides is 1. The normalized spacial score (nSPS) is 13.3. The number of fused-ring (bicyclic) bond motifs is 2. The predicted molar refractivity (Wildman–Crippen MR) is 147 cm³/mol. The summed E-state index contributed by atoms with van der Waals surface area (Å²) in [6, 6.07) is 11.9. The molecule has 0 spiro atoms. The first-order chi connectivity index (χ1) is 18.3. The van der Waals surface area contributed by atoms with Gasteiger partial charge in [-0.2, -0.15) is 0 Å². The predicted octanol–water partition coefficient (Wildman–Crippen LogP) is 5.77. The molecule has 1 aliphatic heterocycles. The molecule has 1 amide bonds. The van der Waals surface area contributed by atoms with Gasteiger partial charge in [-0.15, -0.1) is 0 Å². The van der Waals surface area contributed by atoms with Gasteiger partial charge in [0.15, 0.2) is 0 Å². The number of rotatable bonds is 7. The number of carbonyl (C=O) groups is 1. The molecule has 0 saturated heterocycles. The van der Waals surface area contributed by atoms with Crippen molar-refractivity contribution >= 4 is 22.9 Å². The molecule has 38 heavy (non-hydrogen) atoms. The van der Waals surface area contributed by atoms with Gasteiger partial charge < -0.3 is 29.4 Å². The molecule has 1 aliphatic rings. The summed E-state index contributed by atoms with van der Waals surface area (Å²) in [5.41, 5.74) is 4.43. The van der Waals surface area contributed by atoms with Crippen LogP contribution in [0.3, 0.4) is 0 Å². The highest BCUT2D eigenvalue weighted by molar-refractivity contribution is 5.98. The van der Waals surface area contributed by atoms with Gasteiger partial charge in [-0.3, -0.25) is 0 Å². The third-order valence-electron chi connectivity index (χ3n) is 6.29. The van der Waals surface area contributed by atoms with Crippen molar-refractivity contribution in [3.05, 3.63) is 66.1 Å². The SMILES string of the molecule is COCCNc1cc(-c2c[nH]c3nccc(Oc4ccc5c(c4)CN(C(=O)OC(C)(C)C)CC5)c23)ccn1. The molecule has 0 fully saturated rings. The summed E-state index contributed by atoms with van der Waals surface area (Å²) in [5.74, 6) is 2.16. The van der Waals surface area contributed by atoms with Crippen molar-refractivity contribution in [3.63, 3.8) is 0 Å². The van der Waals surface area contributed by atoms with Crippen LogP contribution in [0.5, 0.6) is 11.5 Å². The number of aromatic nitrogens is 3. The number of methoxy groups -OCH3 is 1. The molecular formula is C29H33N5O4. The number of hydrogen-bond donors (Lipinski definition) is 2. The van der Waals surface area contributed by atoms with E-state index in [1.165, 1.54) is 5.56 Å². The van der Waals surface area contributed by atoms with Crippen LogP contribution in [-0.4, -0.2) is 58.4 Å². The summed E-state index contributed by atoms with van der Waals surface area (Å²) in [5, 5.41) is 4.16. The standard InChI is InChI=1S/C29H33N5O4/c1-29(2,3)38-28(35)34-13-9-19-5-6-22(15-21(19)18-34)37-24-8-11-32-27-26(24)23(17-33-27)20-7-10-30-25(16-20)31-12-14-36-4/h5-8,10-11,15-17H,9,12-14,18H2,1-4H3,(H,30,31)(H,32,33). The van der Waals surface area contributed by atoms with Crippen molar-refractivity contribution in [1.82, 2.24) is 19.9 Å². The summed E-state index contributed by atoms with van der Waals surface area (Å²) in [4.78, 5) is 26.5. The molecule has 5 rings (SSSR count). The van der Waals surface area contributed by atoms with E-state index in [1.807, 2.05) is 57.3 Å². The van der Waals surface area contributed by atoms with Crippen molar-refractivity contribution in [1.29, 1.82) is 0 Å². The molecule has 4 aromatic rings. The molecule has 0 atom stereocenters. The number of benzene rings is 1. The van der Waals surface area contributed by atoms with Crippen molar-refractivity contribution in [2.45, 2.75) is 39.3 Å². The van der Waals surface area contributed by atoms with Crippen LogP contribution < -0.4 is 10.1 Å². The van der Waals surface area contributed by atoms with Gasteiger partial charge in [0, 0.05) is 50.9 Å². The average molecular weight is 516 g/mol. The zero-order valence-electron chi connectivity index (χ0n) is 22.2. The van der Waals surface area contributed by atoms with Gasteiger partial charge >= 0.3 is 6.09 Å². The second-order valence-electron chi connectivity index (χ2n) is 10.3. The van der Waals surface area contributed by atoms with Gasteiger partial charge in [0.1, 0.15) is 28.6 Å². The number of hydrogen-bond acceptors (Lipinski definition) is 7. The maximum atomic E-state index is 12.6. The molecule has 198 valence electrons. The summed E-state index contributed by atoms with van der Waals surface area (Å²) in [7, 11) is 1.67. The Balaban J connectivity index is 1.40. The summed E-state index contributed by atoms with van der Waals surface area (Å²) < 4.78 is 17.1. The Morgan fingerprint density at radius 1 is 1.11 bits per heavy atom. The highest BCUT2D eigenvalue weighted by atomic mass is 16.6. The van der Waals surface area contributed by atoms with Gasteiger partial charge in [0.2, 0.25) is 0 Å². The fraction of sp³-hybridized carbons (Fsp3) is 0.345. The van der Waals surface area contributed by atoms with E-state index in [1.54, 1.807) is 24.4 Å². The van der Waals surface area contributed by atoms with E-state index >= 15 is 0 Å². The average Bonchev–Trinajstić information content (AvgIpc) is 3.33. The van der Waals surface area contributed by atoms with Gasteiger partial charge in [0.25, 0.3) is 0 Å². The number of pyridine rings is 2. The number of carbonyl (C=O) groups excluding carboxylic acids is 1. The minimum absolute atomic E-state index is 0.296. The molecule has 9 nitrogen and oxygen atoms in total.